The third kappa shape index (κ3) is 9.85. The molecule has 0 aromatic rings. The van der Waals surface area contributed by atoms with Crippen LogP contribution in [0.3, 0.4) is 0 Å². The Morgan fingerprint density at radius 1 is 1.25 bits per heavy atom. The average Bonchev–Trinajstić information content (AvgIpc) is 2.25. The fourth-order valence-corrected chi connectivity index (χ4v) is 1.12. The second-order valence-electron chi connectivity index (χ2n) is 3.26. The summed E-state index contributed by atoms with van der Waals surface area (Å²) in [5.74, 6) is -0.802. The minimum absolute atomic E-state index is 0.136. The molecule has 16 heavy (non-hydrogen) atoms. The zero-order chi connectivity index (χ0) is 12.2. The number of hydrogen-bond acceptors (Lipinski definition) is 5. The Balaban J connectivity index is 3.66. The van der Waals surface area contributed by atoms with E-state index in [2.05, 4.69) is 0 Å². The highest BCUT2D eigenvalue weighted by molar-refractivity contribution is 5.66. The van der Waals surface area contributed by atoms with Crippen molar-refractivity contribution in [1.82, 2.24) is 0 Å². The SMILES string of the molecule is COCOCC(CCCC(=O)O)OCOC. The summed E-state index contributed by atoms with van der Waals surface area (Å²) in [6.45, 7) is 0.747. The molecule has 1 atom stereocenters. The van der Waals surface area contributed by atoms with Crippen molar-refractivity contribution >= 4 is 5.97 Å². The zero-order valence-corrected chi connectivity index (χ0v) is 9.81. The van der Waals surface area contributed by atoms with E-state index in [0.717, 1.165) is 0 Å². The summed E-state index contributed by atoms with van der Waals surface area (Å²) in [5.41, 5.74) is 0. The van der Waals surface area contributed by atoms with Crippen LogP contribution in [0.25, 0.3) is 0 Å². The Morgan fingerprint density at radius 2 is 1.94 bits per heavy atom. The molecule has 1 N–H and O–H groups in total. The molecule has 0 aliphatic carbocycles. The van der Waals surface area contributed by atoms with Gasteiger partial charge < -0.3 is 24.1 Å². The predicted molar refractivity (Wildman–Crippen MR) is 56.1 cm³/mol. The lowest BCUT2D eigenvalue weighted by molar-refractivity contribution is -0.138. The van der Waals surface area contributed by atoms with Crippen LogP contribution in [0.5, 0.6) is 0 Å². The van der Waals surface area contributed by atoms with E-state index in [1.807, 2.05) is 0 Å². The molecule has 0 aliphatic heterocycles. The highest BCUT2D eigenvalue weighted by atomic mass is 16.7. The van der Waals surface area contributed by atoms with Gasteiger partial charge in [-0.2, -0.15) is 0 Å². The number of carboxylic acids is 1. The van der Waals surface area contributed by atoms with Crippen LogP contribution in [0.2, 0.25) is 0 Å². The Hall–Kier alpha value is -0.690. The summed E-state index contributed by atoms with van der Waals surface area (Å²) in [7, 11) is 3.07. The highest BCUT2D eigenvalue weighted by Gasteiger charge is 2.10. The molecule has 96 valence electrons. The monoisotopic (exact) mass is 236 g/mol. The van der Waals surface area contributed by atoms with Crippen molar-refractivity contribution in [2.75, 3.05) is 34.4 Å². The summed E-state index contributed by atoms with van der Waals surface area (Å²) in [6.07, 6.45) is 1.16. The van der Waals surface area contributed by atoms with Gasteiger partial charge >= 0.3 is 5.97 Å². The third-order valence-electron chi connectivity index (χ3n) is 1.84. The molecule has 0 fully saturated rings. The van der Waals surface area contributed by atoms with Crippen LogP contribution >= 0.6 is 0 Å². The van der Waals surface area contributed by atoms with Gasteiger partial charge in [0.2, 0.25) is 0 Å². The van der Waals surface area contributed by atoms with Gasteiger partial charge in [-0.05, 0) is 12.8 Å². The predicted octanol–water partition coefficient (Wildman–Crippen LogP) is 0.851. The number of rotatable bonds is 11. The van der Waals surface area contributed by atoms with Gasteiger partial charge in [0.15, 0.2) is 0 Å². The number of aliphatic carboxylic acids is 1. The second-order valence-corrected chi connectivity index (χ2v) is 3.26. The summed E-state index contributed by atoms with van der Waals surface area (Å²) >= 11 is 0. The molecular weight excluding hydrogens is 216 g/mol. The minimum Gasteiger partial charge on any atom is -0.481 e. The second kappa shape index (κ2) is 10.8. The topological polar surface area (TPSA) is 74.2 Å². The van der Waals surface area contributed by atoms with E-state index in [-0.39, 0.29) is 26.1 Å². The molecule has 0 spiro atoms. The van der Waals surface area contributed by atoms with Crippen molar-refractivity contribution in [2.24, 2.45) is 0 Å². The highest BCUT2D eigenvalue weighted by Crippen LogP contribution is 2.06. The van der Waals surface area contributed by atoms with Gasteiger partial charge in [0, 0.05) is 20.6 Å². The molecule has 0 bridgehead atoms. The average molecular weight is 236 g/mol. The molecule has 0 heterocycles. The molecule has 0 saturated heterocycles. The molecule has 6 nitrogen and oxygen atoms in total. The Bertz CT molecular complexity index is 173. The summed E-state index contributed by atoms with van der Waals surface area (Å²) in [6, 6.07) is 0. The first-order valence-electron chi connectivity index (χ1n) is 5.09. The Labute approximate surface area is 95.4 Å². The molecule has 0 aromatic carbocycles. The van der Waals surface area contributed by atoms with Crippen LogP contribution in [0.4, 0.5) is 0 Å². The maximum absolute atomic E-state index is 10.3. The lowest BCUT2D eigenvalue weighted by Gasteiger charge is -2.16. The molecule has 1 unspecified atom stereocenters. The van der Waals surface area contributed by atoms with E-state index in [4.69, 9.17) is 24.1 Å². The van der Waals surface area contributed by atoms with Crippen LogP contribution in [0, 0.1) is 0 Å². The van der Waals surface area contributed by atoms with Crippen LogP contribution in [0.1, 0.15) is 19.3 Å². The lowest BCUT2D eigenvalue weighted by atomic mass is 10.1. The molecule has 6 heteroatoms. The maximum Gasteiger partial charge on any atom is 0.303 e. The van der Waals surface area contributed by atoms with E-state index in [9.17, 15) is 4.79 Å². The molecule has 0 amide bonds. The smallest absolute Gasteiger partial charge is 0.303 e. The first-order valence-corrected chi connectivity index (χ1v) is 5.09. The number of carboxylic acid groups (broad SMARTS) is 1. The van der Waals surface area contributed by atoms with Crippen molar-refractivity contribution in [1.29, 1.82) is 0 Å². The van der Waals surface area contributed by atoms with Gasteiger partial charge in [0.05, 0.1) is 12.7 Å². The van der Waals surface area contributed by atoms with Crippen molar-refractivity contribution in [3.63, 3.8) is 0 Å². The Kier molecular flexibility index (Phi) is 10.3. The van der Waals surface area contributed by atoms with Gasteiger partial charge in [-0.25, -0.2) is 0 Å². The van der Waals surface area contributed by atoms with E-state index in [1.54, 1.807) is 0 Å². The van der Waals surface area contributed by atoms with Gasteiger partial charge in [-0.15, -0.1) is 0 Å². The maximum atomic E-state index is 10.3. The molecule has 0 aromatic heterocycles. The number of methoxy groups -OCH3 is 2. The fourth-order valence-electron chi connectivity index (χ4n) is 1.12. The van der Waals surface area contributed by atoms with Crippen molar-refractivity contribution < 1.29 is 28.8 Å². The van der Waals surface area contributed by atoms with Crippen LogP contribution < -0.4 is 0 Å². The first kappa shape index (κ1) is 15.3. The van der Waals surface area contributed by atoms with Gasteiger partial charge in [-0.1, -0.05) is 0 Å². The van der Waals surface area contributed by atoms with Crippen molar-refractivity contribution in [2.45, 2.75) is 25.4 Å². The lowest BCUT2D eigenvalue weighted by Crippen LogP contribution is -2.22. The zero-order valence-electron chi connectivity index (χ0n) is 9.81. The summed E-state index contributed by atoms with van der Waals surface area (Å²) < 4.78 is 20.0. The van der Waals surface area contributed by atoms with E-state index in [0.29, 0.717) is 19.4 Å². The third-order valence-corrected chi connectivity index (χ3v) is 1.84. The molecule has 0 aliphatic rings. The molecule has 0 radical (unpaired) electrons. The van der Waals surface area contributed by atoms with Gasteiger partial charge in [0.25, 0.3) is 0 Å². The van der Waals surface area contributed by atoms with Gasteiger partial charge in [0.1, 0.15) is 13.6 Å². The first-order chi connectivity index (χ1) is 7.70. The summed E-state index contributed by atoms with van der Waals surface area (Å²) in [5, 5.41) is 8.50. The molecule has 0 saturated carbocycles. The number of carbonyl (C=O) groups is 1. The molecular formula is C10H20O6. The van der Waals surface area contributed by atoms with Crippen LogP contribution in [-0.2, 0) is 23.7 Å². The summed E-state index contributed by atoms with van der Waals surface area (Å²) in [4.78, 5) is 10.3. The van der Waals surface area contributed by atoms with E-state index < -0.39 is 5.97 Å². The van der Waals surface area contributed by atoms with E-state index in [1.165, 1.54) is 14.2 Å². The Morgan fingerprint density at radius 3 is 2.50 bits per heavy atom. The number of hydrogen-bond donors (Lipinski definition) is 1. The van der Waals surface area contributed by atoms with Crippen LogP contribution in [0.15, 0.2) is 0 Å². The fraction of sp³-hybridized carbons (Fsp3) is 0.900. The standard InChI is InChI=1S/C10H20O6/c1-13-7-15-6-9(16-8-14-2)4-3-5-10(11)12/h9H,3-8H2,1-2H3,(H,11,12). The van der Waals surface area contributed by atoms with E-state index >= 15 is 0 Å². The minimum atomic E-state index is -0.802. The van der Waals surface area contributed by atoms with Gasteiger partial charge in [-0.3, -0.25) is 4.79 Å². The quantitative estimate of drug-likeness (QED) is 0.423. The number of ether oxygens (including phenoxy) is 4. The van der Waals surface area contributed by atoms with Crippen molar-refractivity contribution in [3.05, 3.63) is 0 Å². The normalized spacial score (nSPS) is 12.6. The van der Waals surface area contributed by atoms with Crippen molar-refractivity contribution in [3.8, 4) is 0 Å². The molecule has 0 rings (SSSR count). The largest absolute Gasteiger partial charge is 0.481 e. The van der Waals surface area contributed by atoms with Crippen LogP contribution in [-0.4, -0.2) is 51.6 Å².